The zero-order chi connectivity index (χ0) is 10.4. The van der Waals surface area contributed by atoms with E-state index >= 15 is 0 Å². The molecule has 2 nitrogen and oxygen atoms in total. The Labute approximate surface area is 87.0 Å². The number of allylic oxidation sites excluding steroid dienone is 2. The van der Waals surface area contributed by atoms with Crippen molar-refractivity contribution in [3.63, 3.8) is 0 Å². The van der Waals surface area contributed by atoms with E-state index in [4.69, 9.17) is 4.74 Å². The van der Waals surface area contributed by atoms with Crippen molar-refractivity contribution in [1.29, 1.82) is 0 Å². The Morgan fingerprint density at radius 3 is 2.71 bits per heavy atom. The van der Waals surface area contributed by atoms with E-state index in [2.05, 4.69) is 37.4 Å². The van der Waals surface area contributed by atoms with Crippen molar-refractivity contribution in [3.05, 3.63) is 23.8 Å². The van der Waals surface area contributed by atoms with Gasteiger partial charge in [-0.05, 0) is 20.4 Å². The van der Waals surface area contributed by atoms with Crippen LogP contribution in [0, 0.1) is 5.41 Å². The average Bonchev–Trinajstić information content (AvgIpc) is 2.55. The van der Waals surface area contributed by atoms with Crippen molar-refractivity contribution in [2.45, 2.75) is 20.8 Å². The molecule has 0 aliphatic heterocycles. The summed E-state index contributed by atoms with van der Waals surface area (Å²) >= 11 is 0. The van der Waals surface area contributed by atoms with E-state index in [9.17, 15) is 0 Å². The molecule has 0 fully saturated rings. The minimum atomic E-state index is 0.103. The minimum absolute atomic E-state index is 0.103. The van der Waals surface area contributed by atoms with Crippen LogP contribution in [0.2, 0.25) is 0 Å². The van der Waals surface area contributed by atoms with E-state index < -0.39 is 0 Å². The van der Waals surface area contributed by atoms with E-state index in [1.165, 1.54) is 5.57 Å². The van der Waals surface area contributed by atoms with Crippen LogP contribution in [0.1, 0.15) is 20.8 Å². The Morgan fingerprint density at radius 2 is 2.21 bits per heavy atom. The molecule has 0 saturated carbocycles. The van der Waals surface area contributed by atoms with Gasteiger partial charge in [0.25, 0.3) is 0 Å². The first kappa shape index (κ1) is 11.5. The van der Waals surface area contributed by atoms with Crippen LogP contribution < -0.4 is 5.32 Å². The zero-order valence-electron chi connectivity index (χ0n) is 9.47. The van der Waals surface area contributed by atoms with Gasteiger partial charge in [-0.3, -0.25) is 0 Å². The highest BCUT2D eigenvalue weighted by Crippen LogP contribution is 2.33. The molecule has 0 saturated heterocycles. The third kappa shape index (κ3) is 2.46. The van der Waals surface area contributed by atoms with Crippen molar-refractivity contribution in [3.8, 4) is 0 Å². The maximum Gasteiger partial charge on any atom is 0.0606 e. The summed E-state index contributed by atoms with van der Waals surface area (Å²) in [6.45, 7) is 9.91. The molecule has 0 aromatic rings. The first-order valence-corrected chi connectivity index (χ1v) is 5.40. The summed E-state index contributed by atoms with van der Waals surface area (Å²) in [6, 6.07) is 0. The topological polar surface area (TPSA) is 21.3 Å². The molecule has 0 heterocycles. The van der Waals surface area contributed by atoms with Crippen molar-refractivity contribution in [1.82, 2.24) is 5.32 Å². The summed E-state index contributed by atoms with van der Waals surface area (Å²) in [6.07, 6.45) is 6.56. The molecule has 0 bridgehead atoms. The summed E-state index contributed by atoms with van der Waals surface area (Å²) in [7, 11) is 0. The SMILES string of the molecule is CCNCC1(COCC)C=CC=C1C. The fraction of sp³-hybridized carbons (Fsp3) is 0.667. The number of nitrogens with one attached hydrogen (secondary N) is 1. The van der Waals surface area contributed by atoms with Gasteiger partial charge in [0.2, 0.25) is 0 Å². The molecular formula is C12H21NO. The number of hydrogen-bond acceptors (Lipinski definition) is 2. The molecule has 2 heteroatoms. The van der Waals surface area contributed by atoms with Crippen LogP contribution in [0.3, 0.4) is 0 Å². The molecular weight excluding hydrogens is 174 g/mol. The van der Waals surface area contributed by atoms with E-state index in [1.807, 2.05) is 6.92 Å². The fourth-order valence-electron chi connectivity index (χ4n) is 1.72. The van der Waals surface area contributed by atoms with Gasteiger partial charge < -0.3 is 10.1 Å². The molecule has 1 rings (SSSR count). The van der Waals surface area contributed by atoms with Gasteiger partial charge >= 0.3 is 0 Å². The lowest BCUT2D eigenvalue weighted by Gasteiger charge is -2.29. The van der Waals surface area contributed by atoms with Gasteiger partial charge in [-0.2, -0.15) is 0 Å². The standard InChI is InChI=1S/C12H21NO/c1-4-13-9-12(10-14-5-2)8-6-7-11(12)3/h6-8,13H,4-5,9-10H2,1-3H3. The lowest BCUT2D eigenvalue weighted by molar-refractivity contribution is 0.0937. The third-order valence-corrected chi connectivity index (χ3v) is 2.80. The Bertz CT molecular complexity index is 222. The van der Waals surface area contributed by atoms with Gasteiger partial charge in [-0.25, -0.2) is 0 Å². The number of ether oxygens (including phenoxy) is 1. The highest BCUT2D eigenvalue weighted by Gasteiger charge is 2.31. The number of rotatable bonds is 6. The summed E-state index contributed by atoms with van der Waals surface area (Å²) in [5, 5.41) is 3.40. The Morgan fingerprint density at radius 1 is 1.43 bits per heavy atom. The van der Waals surface area contributed by atoms with Gasteiger partial charge in [-0.1, -0.05) is 30.7 Å². The van der Waals surface area contributed by atoms with E-state index in [0.717, 1.165) is 26.3 Å². The van der Waals surface area contributed by atoms with Crippen molar-refractivity contribution in [2.24, 2.45) is 5.41 Å². The second kappa shape index (κ2) is 5.32. The second-order valence-corrected chi connectivity index (χ2v) is 3.78. The summed E-state index contributed by atoms with van der Waals surface area (Å²) in [5.41, 5.74) is 1.50. The van der Waals surface area contributed by atoms with Gasteiger partial charge in [0.15, 0.2) is 0 Å². The van der Waals surface area contributed by atoms with Crippen LogP contribution >= 0.6 is 0 Å². The summed E-state index contributed by atoms with van der Waals surface area (Å²) < 4.78 is 5.56. The van der Waals surface area contributed by atoms with Crippen LogP contribution in [0.5, 0.6) is 0 Å². The van der Waals surface area contributed by atoms with Crippen molar-refractivity contribution in [2.75, 3.05) is 26.3 Å². The lowest BCUT2D eigenvalue weighted by Crippen LogP contribution is -2.36. The molecule has 1 N–H and O–H groups in total. The predicted octanol–water partition coefficient (Wildman–Crippen LogP) is 2.13. The van der Waals surface area contributed by atoms with E-state index in [1.54, 1.807) is 0 Å². The maximum atomic E-state index is 5.56. The molecule has 80 valence electrons. The third-order valence-electron chi connectivity index (χ3n) is 2.80. The molecule has 14 heavy (non-hydrogen) atoms. The molecule has 0 amide bonds. The van der Waals surface area contributed by atoms with Crippen LogP contribution in [0.15, 0.2) is 23.8 Å². The molecule has 0 aromatic carbocycles. The summed E-state index contributed by atoms with van der Waals surface area (Å²) in [4.78, 5) is 0. The highest BCUT2D eigenvalue weighted by molar-refractivity contribution is 5.33. The quantitative estimate of drug-likeness (QED) is 0.701. The van der Waals surface area contributed by atoms with Gasteiger partial charge in [0.05, 0.1) is 6.61 Å². The summed E-state index contributed by atoms with van der Waals surface area (Å²) in [5.74, 6) is 0. The van der Waals surface area contributed by atoms with E-state index in [0.29, 0.717) is 0 Å². The van der Waals surface area contributed by atoms with Crippen molar-refractivity contribution >= 4 is 0 Å². The smallest absolute Gasteiger partial charge is 0.0606 e. The minimum Gasteiger partial charge on any atom is -0.380 e. The Kier molecular flexibility index (Phi) is 4.36. The van der Waals surface area contributed by atoms with Crippen LogP contribution in [0.25, 0.3) is 0 Å². The Hall–Kier alpha value is -0.600. The largest absolute Gasteiger partial charge is 0.380 e. The highest BCUT2D eigenvalue weighted by atomic mass is 16.5. The van der Waals surface area contributed by atoms with Crippen molar-refractivity contribution < 1.29 is 4.74 Å². The van der Waals surface area contributed by atoms with Gasteiger partial charge in [0, 0.05) is 18.6 Å². The second-order valence-electron chi connectivity index (χ2n) is 3.78. The molecule has 0 radical (unpaired) electrons. The van der Waals surface area contributed by atoms with E-state index in [-0.39, 0.29) is 5.41 Å². The molecule has 1 unspecified atom stereocenters. The van der Waals surface area contributed by atoms with Crippen LogP contribution in [-0.2, 0) is 4.74 Å². The molecule has 0 spiro atoms. The fourth-order valence-corrected chi connectivity index (χ4v) is 1.72. The lowest BCUT2D eigenvalue weighted by atomic mass is 9.84. The monoisotopic (exact) mass is 195 g/mol. The normalized spacial score (nSPS) is 25.5. The van der Waals surface area contributed by atoms with Crippen LogP contribution in [0.4, 0.5) is 0 Å². The number of hydrogen-bond donors (Lipinski definition) is 1. The molecule has 0 aromatic heterocycles. The first-order valence-electron chi connectivity index (χ1n) is 5.40. The van der Waals surface area contributed by atoms with Gasteiger partial charge in [-0.15, -0.1) is 0 Å². The predicted molar refractivity (Wildman–Crippen MR) is 60.4 cm³/mol. The molecule has 1 aliphatic carbocycles. The average molecular weight is 195 g/mol. The van der Waals surface area contributed by atoms with Crippen LogP contribution in [-0.4, -0.2) is 26.3 Å². The van der Waals surface area contributed by atoms with Gasteiger partial charge in [0.1, 0.15) is 0 Å². The molecule has 1 aliphatic rings. The first-order chi connectivity index (χ1) is 6.75. The maximum absolute atomic E-state index is 5.56. The zero-order valence-corrected chi connectivity index (χ0v) is 9.47. The molecule has 1 atom stereocenters. The Balaban J connectivity index is 2.60.